The summed E-state index contributed by atoms with van der Waals surface area (Å²) in [6.45, 7) is 0. The van der Waals surface area contributed by atoms with E-state index in [1.54, 1.807) is 0 Å². The van der Waals surface area contributed by atoms with Crippen molar-refractivity contribution >= 4 is 11.6 Å². The average molecular weight is 205 g/mol. The smallest absolute Gasteiger partial charge is 0.267 e. The van der Waals surface area contributed by atoms with Crippen molar-refractivity contribution < 1.29 is 8.78 Å². The fraction of sp³-hybridized carbons (Fsp3) is 0.143. The molecule has 1 aromatic rings. The van der Waals surface area contributed by atoms with Crippen molar-refractivity contribution in [2.75, 3.05) is 0 Å². The molecule has 1 rings (SSSR count). The molecule has 0 saturated carbocycles. The summed E-state index contributed by atoms with van der Waals surface area (Å²) in [7, 11) is 0. The van der Waals surface area contributed by atoms with E-state index in [1.165, 1.54) is 6.07 Å². The number of hydrogen-bond acceptors (Lipinski definition) is 2. The minimum Gasteiger partial charge on any atom is -0.326 e. The van der Waals surface area contributed by atoms with Gasteiger partial charge < -0.3 is 4.98 Å². The van der Waals surface area contributed by atoms with Crippen LogP contribution in [0.3, 0.4) is 0 Å². The van der Waals surface area contributed by atoms with E-state index in [2.05, 4.69) is 4.98 Å². The van der Waals surface area contributed by atoms with Gasteiger partial charge >= 0.3 is 0 Å². The predicted molar refractivity (Wildman–Crippen MR) is 41.7 cm³/mol. The van der Waals surface area contributed by atoms with Gasteiger partial charge in [-0.25, -0.2) is 8.78 Å². The molecule has 0 aliphatic carbocycles. The minimum absolute atomic E-state index is 0.320. The van der Waals surface area contributed by atoms with Gasteiger partial charge in [-0.3, -0.25) is 4.79 Å². The summed E-state index contributed by atoms with van der Waals surface area (Å²) in [6.07, 6.45) is -2.01. The molecule has 1 N–H and O–H groups in total. The Bertz CT molecular complexity index is 421. The van der Waals surface area contributed by atoms with Gasteiger partial charge in [0.05, 0.1) is 11.1 Å². The van der Waals surface area contributed by atoms with Gasteiger partial charge in [-0.2, -0.15) is 5.26 Å². The highest BCUT2D eigenvalue weighted by atomic mass is 35.5. The van der Waals surface area contributed by atoms with Crippen LogP contribution in [0.1, 0.15) is 17.6 Å². The van der Waals surface area contributed by atoms with Crippen LogP contribution in [0.4, 0.5) is 8.78 Å². The van der Waals surface area contributed by atoms with Gasteiger partial charge in [0.1, 0.15) is 11.1 Å². The van der Waals surface area contributed by atoms with Crippen molar-refractivity contribution in [1.29, 1.82) is 5.26 Å². The molecule has 0 aliphatic rings. The molecule has 0 unspecified atom stereocenters. The number of H-pyrrole nitrogens is 1. The van der Waals surface area contributed by atoms with Crippen molar-refractivity contribution in [3.05, 3.63) is 32.7 Å². The Hall–Kier alpha value is -1.41. The van der Waals surface area contributed by atoms with Crippen LogP contribution < -0.4 is 5.56 Å². The maximum atomic E-state index is 12.3. The Morgan fingerprint density at radius 2 is 2.23 bits per heavy atom. The number of nitriles is 1. The van der Waals surface area contributed by atoms with Crippen molar-refractivity contribution in [3.63, 3.8) is 0 Å². The molecule has 0 bridgehead atoms. The highest BCUT2D eigenvalue weighted by molar-refractivity contribution is 6.31. The van der Waals surface area contributed by atoms with Crippen LogP contribution in [-0.4, -0.2) is 4.98 Å². The number of aromatic nitrogens is 1. The molecule has 0 radical (unpaired) electrons. The lowest BCUT2D eigenvalue weighted by Crippen LogP contribution is -2.10. The number of nitrogens with one attached hydrogen (secondary N) is 1. The van der Waals surface area contributed by atoms with Crippen molar-refractivity contribution in [2.45, 2.75) is 6.43 Å². The number of nitrogens with zero attached hydrogens (tertiary/aromatic N) is 1. The summed E-state index contributed by atoms with van der Waals surface area (Å²) in [6, 6.07) is 1.51. The van der Waals surface area contributed by atoms with Gasteiger partial charge in [0.2, 0.25) is 0 Å². The molecular weight excluding hydrogens is 202 g/mol. The fourth-order valence-electron chi connectivity index (χ4n) is 0.825. The molecule has 6 heteroatoms. The molecule has 0 amide bonds. The molecule has 13 heavy (non-hydrogen) atoms. The minimum atomic E-state index is -2.93. The number of rotatable bonds is 1. The number of halogens is 3. The quantitative estimate of drug-likeness (QED) is 0.759. The first-order valence-electron chi connectivity index (χ1n) is 3.17. The second kappa shape index (κ2) is 3.54. The lowest BCUT2D eigenvalue weighted by atomic mass is 10.1. The van der Waals surface area contributed by atoms with E-state index in [1.807, 2.05) is 0 Å². The summed E-state index contributed by atoms with van der Waals surface area (Å²) in [5.41, 5.74) is -1.86. The predicted octanol–water partition coefficient (Wildman–Crippen LogP) is 1.84. The van der Waals surface area contributed by atoms with E-state index >= 15 is 0 Å². The van der Waals surface area contributed by atoms with Gasteiger partial charge in [0.15, 0.2) is 0 Å². The Kier molecular flexibility index (Phi) is 2.63. The van der Waals surface area contributed by atoms with Crippen molar-refractivity contribution in [2.24, 2.45) is 0 Å². The summed E-state index contributed by atoms with van der Waals surface area (Å²) in [4.78, 5) is 12.9. The molecule has 0 saturated heterocycles. The highest BCUT2D eigenvalue weighted by Gasteiger charge is 2.19. The maximum absolute atomic E-state index is 12.3. The molecule has 0 spiro atoms. The zero-order valence-corrected chi connectivity index (χ0v) is 6.90. The molecule has 1 heterocycles. The first-order chi connectivity index (χ1) is 6.07. The molecule has 0 aromatic carbocycles. The zero-order chi connectivity index (χ0) is 10.0. The largest absolute Gasteiger partial charge is 0.326 e. The van der Waals surface area contributed by atoms with Gasteiger partial charge in [0.25, 0.3) is 12.0 Å². The zero-order valence-electron chi connectivity index (χ0n) is 6.14. The third-order valence-electron chi connectivity index (χ3n) is 1.41. The normalized spacial score (nSPS) is 10.1. The number of aromatic amines is 1. The molecule has 0 atom stereocenters. The van der Waals surface area contributed by atoms with Gasteiger partial charge in [-0.05, 0) is 0 Å². The molecule has 3 nitrogen and oxygen atoms in total. The molecule has 0 aliphatic heterocycles. The van der Waals surface area contributed by atoms with E-state index < -0.39 is 22.6 Å². The average Bonchev–Trinajstić information content (AvgIpc) is 2.08. The highest BCUT2D eigenvalue weighted by Crippen LogP contribution is 2.26. The Labute approximate surface area is 76.6 Å². The first kappa shape index (κ1) is 9.68. The second-order valence-electron chi connectivity index (χ2n) is 2.17. The molecule has 1 aromatic heterocycles. The van der Waals surface area contributed by atoms with E-state index in [9.17, 15) is 13.6 Å². The summed E-state index contributed by atoms with van der Waals surface area (Å²) < 4.78 is 24.5. The van der Waals surface area contributed by atoms with Crippen molar-refractivity contribution in [1.82, 2.24) is 4.98 Å². The van der Waals surface area contributed by atoms with Gasteiger partial charge in [-0.15, -0.1) is 0 Å². The standard InChI is InChI=1S/C7H3ClF2N2O/c8-5-4(6(9)10)3(1-11)2-12-7(5)13/h2,6H,(H,12,13). The summed E-state index contributed by atoms with van der Waals surface area (Å²) >= 11 is 5.30. The van der Waals surface area contributed by atoms with Gasteiger partial charge in [0, 0.05) is 6.20 Å². The van der Waals surface area contributed by atoms with Crippen LogP contribution in [0.15, 0.2) is 11.0 Å². The maximum Gasteiger partial charge on any atom is 0.267 e. The number of pyridine rings is 1. The Balaban J connectivity index is 3.53. The third kappa shape index (κ3) is 1.68. The van der Waals surface area contributed by atoms with Crippen LogP contribution in [0.2, 0.25) is 5.02 Å². The molecular formula is C7H3ClF2N2O. The lowest BCUT2D eigenvalue weighted by Gasteiger charge is -2.02. The van der Waals surface area contributed by atoms with E-state index in [-0.39, 0.29) is 5.56 Å². The monoisotopic (exact) mass is 204 g/mol. The van der Waals surface area contributed by atoms with Crippen LogP contribution in [0, 0.1) is 11.3 Å². The topological polar surface area (TPSA) is 56.6 Å². The summed E-state index contributed by atoms with van der Waals surface area (Å²) in [5, 5.41) is 7.79. The van der Waals surface area contributed by atoms with Crippen LogP contribution in [0.5, 0.6) is 0 Å². The van der Waals surface area contributed by atoms with E-state index in [0.29, 0.717) is 0 Å². The van der Waals surface area contributed by atoms with Crippen LogP contribution >= 0.6 is 11.6 Å². The number of hydrogen-bond donors (Lipinski definition) is 1. The summed E-state index contributed by atoms with van der Waals surface area (Å²) in [5.74, 6) is 0. The SMILES string of the molecule is N#Cc1c[nH]c(=O)c(Cl)c1C(F)F. The number of alkyl halides is 2. The van der Waals surface area contributed by atoms with Crippen molar-refractivity contribution in [3.8, 4) is 6.07 Å². The van der Waals surface area contributed by atoms with Crippen LogP contribution in [0.25, 0.3) is 0 Å². The Morgan fingerprint density at radius 3 is 2.69 bits per heavy atom. The third-order valence-corrected chi connectivity index (χ3v) is 1.79. The molecule has 68 valence electrons. The first-order valence-corrected chi connectivity index (χ1v) is 3.55. The van der Waals surface area contributed by atoms with E-state index in [4.69, 9.17) is 16.9 Å². The Morgan fingerprint density at radius 1 is 1.62 bits per heavy atom. The van der Waals surface area contributed by atoms with Gasteiger partial charge in [-0.1, -0.05) is 11.6 Å². The second-order valence-corrected chi connectivity index (χ2v) is 2.55. The van der Waals surface area contributed by atoms with Crippen LogP contribution in [-0.2, 0) is 0 Å². The molecule has 0 fully saturated rings. The van der Waals surface area contributed by atoms with E-state index in [0.717, 1.165) is 6.20 Å². The lowest BCUT2D eigenvalue weighted by molar-refractivity contribution is 0.151. The fourth-order valence-corrected chi connectivity index (χ4v) is 1.06.